The second kappa shape index (κ2) is 3.80. The molecule has 1 aliphatic carbocycles. The lowest BCUT2D eigenvalue weighted by Gasteiger charge is -2.20. The van der Waals surface area contributed by atoms with E-state index in [1.54, 1.807) is 0 Å². The number of aliphatic carboxylic acids is 1. The topological polar surface area (TPSA) is 141 Å². The van der Waals surface area contributed by atoms with Gasteiger partial charge in [-0.1, -0.05) is 0 Å². The van der Waals surface area contributed by atoms with Crippen LogP contribution in [0.5, 0.6) is 5.75 Å². The first-order valence-electron chi connectivity index (χ1n) is 5.11. The molecule has 0 saturated carbocycles. The van der Waals surface area contributed by atoms with Crippen molar-refractivity contribution in [1.82, 2.24) is 0 Å². The van der Waals surface area contributed by atoms with Gasteiger partial charge in [-0.05, 0) is 36.1 Å². The molecule has 0 bridgehead atoms. The predicted octanol–water partition coefficient (Wildman–Crippen LogP) is -0.620. The minimum Gasteiger partial charge on any atom is -0.507 e. The van der Waals surface area contributed by atoms with E-state index in [1.807, 2.05) is 0 Å². The smallest absolute Gasteiger partial charge is 0.359 e. The van der Waals surface area contributed by atoms with E-state index < -0.39 is 30.2 Å². The van der Waals surface area contributed by atoms with E-state index in [-0.39, 0.29) is 12.0 Å². The third-order valence-corrected chi connectivity index (χ3v) is 4.15. The van der Waals surface area contributed by atoms with Crippen LogP contribution in [-0.4, -0.2) is 26.0 Å². The average molecular weight is 273 g/mol. The second-order valence-corrected chi connectivity index (χ2v) is 5.89. The van der Waals surface area contributed by atoms with Gasteiger partial charge in [-0.15, -0.1) is 0 Å². The van der Waals surface area contributed by atoms with Crippen LogP contribution in [-0.2, 0) is 21.3 Å². The van der Waals surface area contributed by atoms with Crippen molar-refractivity contribution in [2.24, 2.45) is 5.73 Å². The van der Waals surface area contributed by atoms with Gasteiger partial charge in [0.2, 0.25) is 0 Å². The fraction of sp³-hybridized carbons (Fsp3) is 0.300. The summed E-state index contributed by atoms with van der Waals surface area (Å²) in [6.45, 7) is 0. The van der Waals surface area contributed by atoms with Crippen molar-refractivity contribution in [3.8, 4) is 5.75 Å². The molecule has 1 atom stereocenters. The molecule has 0 aromatic heterocycles. The van der Waals surface area contributed by atoms with Crippen molar-refractivity contribution in [2.45, 2.75) is 18.4 Å². The highest BCUT2D eigenvalue weighted by Gasteiger charge is 2.43. The lowest BCUT2D eigenvalue weighted by Crippen LogP contribution is -2.42. The Morgan fingerprint density at radius 1 is 1.39 bits per heavy atom. The first kappa shape index (κ1) is 13.0. The summed E-state index contributed by atoms with van der Waals surface area (Å²) >= 11 is 0. The normalized spacial score (nSPS) is 22.8. The average Bonchev–Trinajstić information content (AvgIpc) is 2.55. The zero-order valence-electron chi connectivity index (χ0n) is 9.20. The number of carbonyl (C=O) groups is 1. The van der Waals surface area contributed by atoms with Gasteiger partial charge in [0, 0.05) is 0 Å². The first-order chi connectivity index (χ1) is 8.16. The lowest BCUT2D eigenvalue weighted by atomic mass is 9.93. The summed E-state index contributed by atoms with van der Waals surface area (Å²) < 4.78 is 11.1. The standard InChI is InChI=1S/C10H12NO6P/c11-10(9(13)14)2-1-5-3-8(18(15,16)17)7(12)4-6(5)10/h3-4,12H,1-2,11H2,(H,13,14)(H2,15,16,17)/t10-/m0/s1. The van der Waals surface area contributed by atoms with Gasteiger partial charge in [0.15, 0.2) is 0 Å². The molecule has 2 rings (SSSR count). The summed E-state index contributed by atoms with van der Waals surface area (Å²) in [7, 11) is -4.59. The Kier molecular flexibility index (Phi) is 2.75. The molecule has 0 fully saturated rings. The molecule has 7 nitrogen and oxygen atoms in total. The first-order valence-corrected chi connectivity index (χ1v) is 6.72. The number of hydrogen-bond donors (Lipinski definition) is 5. The highest BCUT2D eigenvalue weighted by molar-refractivity contribution is 7.60. The number of hydrogen-bond acceptors (Lipinski definition) is 4. The van der Waals surface area contributed by atoms with Crippen molar-refractivity contribution >= 4 is 18.9 Å². The van der Waals surface area contributed by atoms with Gasteiger partial charge < -0.3 is 25.7 Å². The SMILES string of the molecule is N[C@@]1(C(=O)O)CCc2cc(P(=O)(O)O)c(O)cc21. The number of nitrogens with two attached hydrogens (primary N) is 1. The number of phenols is 1. The Bertz CT molecular complexity index is 580. The van der Waals surface area contributed by atoms with Crippen LogP contribution in [0.2, 0.25) is 0 Å². The Hall–Kier alpha value is -1.40. The van der Waals surface area contributed by atoms with E-state index in [9.17, 15) is 14.5 Å². The molecule has 18 heavy (non-hydrogen) atoms. The molecule has 0 saturated heterocycles. The maximum atomic E-state index is 11.1. The minimum absolute atomic E-state index is 0.127. The van der Waals surface area contributed by atoms with Crippen LogP contribution in [0.4, 0.5) is 0 Å². The van der Waals surface area contributed by atoms with Crippen LogP contribution in [0.1, 0.15) is 17.5 Å². The van der Waals surface area contributed by atoms with Crippen LogP contribution in [0.25, 0.3) is 0 Å². The summed E-state index contributed by atoms with van der Waals surface area (Å²) in [6, 6.07) is 2.16. The number of phenolic OH excluding ortho intramolecular Hbond substituents is 1. The lowest BCUT2D eigenvalue weighted by molar-refractivity contribution is -0.143. The number of benzene rings is 1. The molecule has 0 heterocycles. The van der Waals surface area contributed by atoms with Crippen LogP contribution in [0, 0.1) is 0 Å². The number of rotatable bonds is 2. The van der Waals surface area contributed by atoms with E-state index in [1.165, 1.54) is 0 Å². The molecule has 0 unspecified atom stereocenters. The number of aryl methyl sites for hydroxylation is 1. The molecular formula is C10H12NO6P. The van der Waals surface area contributed by atoms with Crippen molar-refractivity contribution in [3.05, 3.63) is 23.3 Å². The van der Waals surface area contributed by atoms with Gasteiger partial charge in [-0.25, -0.2) is 4.79 Å². The summed E-state index contributed by atoms with van der Waals surface area (Å²) in [5.74, 6) is -1.87. The molecular weight excluding hydrogens is 261 g/mol. The summed E-state index contributed by atoms with van der Waals surface area (Å²) in [6.07, 6.45) is 0.424. The summed E-state index contributed by atoms with van der Waals surface area (Å²) in [4.78, 5) is 29.2. The Morgan fingerprint density at radius 2 is 2.00 bits per heavy atom. The zero-order chi connectivity index (χ0) is 13.7. The van der Waals surface area contributed by atoms with E-state index in [0.717, 1.165) is 12.1 Å². The van der Waals surface area contributed by atoms with Gasteiger partial charge in [0.25, 0.3) is 0 Å². The van der Waals surface area contributed by atoms with Gasteiger partial charge in [-0.3, -0.25) is 4.57 Å². The van der Waals surface area contributed by atoms with E-state index in [4.69, 9.17) is 20.6 Å². The van der Waals surface area contributed by atoms with Crippen molar-refractivity contribution in [1.29, 1.82) is 0 Å². The van der Waals surface area contributed by atoms with Crippen LogP contribution in [0.15, 0.2) is 12.1 Å². The molecule has 1 aromatic carbocycles. The monoisotopic (exact) mass is 273 g/mol. The van der Waals surface area contributed by atoms with E-state index in [2.05, 4.69) is 0 Å². The van der Waals surface area contributed by atoms with Gasteiger partial charge in [-0.2, -0.15) is 0 Å². The number of carboxylic acids is 1. The molecule has 0 spiro atoms. The van der Waals surface area contributed by atoms with Crippen molar-refractivity contribution in [2.75, 3.05) is 0 Å². The molecule has 8 heteroatoms. The van der Waals surface area contributed by atoms with Gasteiger partial charge in [0.05, 0.1) is 0 Å². The van der Waals surface area contributed by atoms with E-state index >= 15 is 0 Å². The molecule has 0 aliphatic heterocycles. The highest BCUT2D eigenvalue weighted by Crippen LogP contribution is 2.42. The second-order valence-electron chi connectivity index (χ2n) is 4.32. The van der Waals surface area contributed by atoms with E-state index in [0.29, 0.717) is 12.0 Å². The van der Waals surface area contributed by atoms with Crippen LogP contribution < -0.4 is 11.0 Å². The fourth-order valence-corrected chi connectivity index (χ4v) is 2.85. The predicted molar refractivity (Wildman–Crippen MR) is 61.6 cm³/mol. The fourth-order valence-electron chi connectivity index (χ4n) is 2.16. The third-order valence-electron chi connectivity index (χ3n) is 3.17. The highest BCUT2D eigenvalue weighted by atomic mass is 31.2. The quantitative estimate of drug-likeness (QED) is 0.452. The van der Waals surface area contributed by atoms with Gasteiger partial charge in [0.1, 0.15) is 16.6 Å². The maximum absolute atomic E-state index is 11.1. The maximum Gasteiger partial charge on any atom is 0.359 e. The number of fused-ring (bicyclic) bond motifs is 1. The number of carboxylic acid groups (broad SMARTS) is 1. The summed E-state index contributed by atoms with van der Waals surface area (Å²) in [5, 5.41) is 18.2. The Morgan fingerprint density at radius 3 is 2.50 bits per heavy atom. The zero-order valence-corrected chi connectivity index (χ0v) is 10.1. The Labute approximate surface area is 102 Å². The van der Waals surface area contributed by atoms with Crippen molar-refractivity contribution < 1.29 is 29.4 Å². The Balaban J connectivity index is 2.64. The molecule has 0 radical (unpaired) electrons. The number of aromatic hydroxyl groups is 1. The minimum atomic E-state index is -4.59. The molecule has 6 N–H and O–H groups in total. The molecule has 98 valence electrons. The van der Waals surface area contributed by atoms with Gasteiger partial charge >= 0.3 is 13.6 Å². The largest absolute Gasteiger partial charge is 0.507 e. The molecule has 1 aliphatic rings. The third kappa shape index (κ3) is 1.81. The van der Waals surface area contributed by atoms with Crippen molar-refractivity contribution in [3.63, 3.8) is 0 Å². The van der Waals surface area contributed by atoms with Crippen LogP contribution in [0.3, 0.4) is 0 Å². The van der Waals surface area contributed by atoms with Crippen LogP contribution >= 0.6 is 7.60 Å². The molecule has 1 aromatic rings. The summed E-state index contributed by atoms with van der Waals surface area (Å²) in [5.41, 5.74) is 4.77. The molecule has 0 amide bonds.